The molecule has 0 spiro atoms. The highest BCUT2D eigenvalue weighted by molar-refractivity contribution is 6.08. The number of amides is 1. The van der Waals surface area contributed by atoms with E-state index in [1.165, 1.54) is 0 Å². The van der Waals surface area contributed by atoms with Gasteiger partial charge in [-0.1, -0.05) is 0 Å². The van der Waals surface area contributed by atoms with Crippen LogP contribution >= 0.6 is 0 Å². The van der Waals surface area contributed by atoms with Gasteiger partial charge in [-0.15, -0.1) is 0 Å². The molecule has 3 N–H and O–H groups in total. The van der Waals surface area contributed by atoms with Crippen LogP contribution < -0.4 is 5.73 Å². The van der Waals surface area contributed by atoms with Crippen LogP contribution in [0.25, 0.3) is 0 Å². The van der Waals surface area contributed by atoms with Crippen LogP contribution in [0.3, 0.4) is 0 Å². The third-order valence-corrected chi connectivity index (χ3v) is 1.30. The van der Waals surface area contributed by atoms with Gasteiger partial charge in [0.05, 0.1) is 0 Å². The largest absolute Gasteiger partial charge is 0.479 e. The number of aliphatic carboxylic acids is 1. The van der Waals surface area contributed by atoms with Gasteiger partial charge in [-0.2, -0.15) is 10.2 Å². The van der Waals surface area contributed by atoms with Gasteiger partial charge in [-0.3, -0.25) is 4.79 Å². The summed E-state index contributed by atoms with van der Waals surface area (Å²) in [4.78, 5) is 21.1. The summed E-state index contributed by atoms with van der Waals surface area (Å²) >= 11 is 0. The van der Waals surface area contributed by atoms with Crippen LogP contribution in [0.15, 0.2) is 22.5 Å². The molecule has 0 bridgehead atoms. The lowest BCUT2D eigenvalue weighted by molar-refractivity contribution is -0.145. The van der Waals surface area contributed by atoms with Crippen molar-refractivity contribution in [2.75, 3.05) is 0 Å². The van der Waals surface area contributed by atoms with E-state index in [1.807, 2.05) is 0 Å². The molecule has 0 saturated carbocycles. The van der Waals surface area contributed by atoms with E-state index in [9.17, 15) is 9.59 Å². The van der Waals surface area contributed by atoms with Crippen molar-refractivity contribution in [2.45, 2.75) is 5.54 Å². The van der Waals surface area contributed by atoms with Crippen molar-refractivity contribution in [1.82, 2.24) is 0 Å². The molecule has 1 amide bonds. The first-order valence-corrected chi connectivity index (χ1v) is 2.72. The Morgan fingerprint density at radius 1 is 1.55 bits per heavy atom. The monoisotopic (exact) mass is 155 g/mol. The predicted molar refractivity (Wildman–Crippen MR) is 33.6 cm³/mol. The first-order valence-electron chi connectivity index (χ1n) is 2.72. The van der Waals surface area contributed by atoms with Gasteiger partial charge in [0.15, 0.2) is 0 Å². The molecule has 1 heterocycles. The molecule has 0 fully saturated rings. The second kappa shape index (κ2) is 2.15. The smallest absolute Gasteiger partial charge is 0.347 e. The van der Waals surface area contributed by atoms with E-state index in [2.05, 4.69) is 10.2 Å². The van der Waals surface area contributed by atoms with Crippen LogP contribution in [0.5, 0.6) is 0 Å². The lowest BCUT2D eigenvalue weighted by Crippen LogP contribution is -2.46. The maximum Gasteiger partial charge on any atom is 0.347 e. The first kappa shape index (κ1) is 7.39. The van der Waals surface area contributed by atoms with Gasteiger partial charge in [-0.05, 0) is 6.08 Å². The molecule has 1 rings (SSSR count). The Bertz CT molecular complexity index is 240. The van der Waals surface area contributed by atoms with Crippen molar-refractivity contribution < 1.29 is 14.7 Å². The highest BCUT2D eigenvalue weighted by atomic mass is 16.4. The minimum absolute atomic E-state index is 1.04. The second-order valence-corrected chi connectivity index (χ2v) is 1.97. The number of carboxylic acids is 1. The van der Waals surface area contributed by atoms with E-state index in [0.29, 0.717) is 0 Å². The average Bonchev–Trinajstić information content (AvgIpc) is 2.34. The number of carbonyl (C=O) groups is 2. The number of nitrogens with two attached hydrogens (primary N) is 1. The molecule has 1 atom stereocenters. The Labute approximate surface area is 61.4 Å². The van der Waals surface area contributed by atoms with Gasteiger partial charge in [0, 0.05) is 6.20 Å². The Hall–Kier alpha value is -1.72. The van der Waals surface area contributed by atoms with Crippen LogP contribution in [0.4, 0.5) is 0 Å². The number of nitrogens with zero attached hydrogens (tertiary/aromatic N) is 2. The van der Waals surface area contributed by atoms with Gasteiger partial charge in [0.1, 0.15) is 0 Å². The van der Waals surface area contributed by atoms with E-state index in [4.69, 9.17) is 10.8 Å². The van der Waals surface area contributed by atoms with Gasteiger partial charge >= 0.3 is 5.97 Å². The summed E-state index contributed by atoms with van der Waals surface area (Å²) in [7, 11) is 0. The molecule has 0 radical (unpaired) electrons. The third-order valence-electron chi connectivity index (χ3n) is 1.30. The standard InChI is InChI=1S/C5H5N3O3/c6-3(9)5(4(10)11)1-2-7-8-5/h1-2H,(H2,6,9)(H,10,11). The Morgan fingerprint density at radius 3 is 2.36 bits per heavy atom. The zero-order chi connectivity index (χ0) is 8.48. The summed E-state index contributed by atoms with van der Waals surface area (Å²) in [6.45, 7) is 0. The maximum absolute atomic E-state index is 10.6. The average molecular weight is 155 g/mol. The molecule has 6 nitrogen and oxygen atoms in total. The molecule has 1 aliphatic rings. The van der Waals surface area contributed by atoms with Crippen molar-refractivity contribution >= 4 is 11.9 Å². The normalized spacial score (nSPS) is 27.3. The molecule has 58 valence electrons. The molecule has 0 aromatic carbocycles. The molecule has 0 aromatic rings. The van der Waals surface area contributed by atoms with E-state index >= 15 is 0 Å². The van der Waals surface area contributed by atoms with Crippen molar-refractivity contribution in [3.05, 3.63) is 12.3 Å². The number of hydrogen-bond acceptors (Lipinski definition) is 4. The fourth-order valence-corrected chi connectivity index (χ4v) is 0.650. The zero-order valence-corrected chi connectivity index (χ0v) is 5.39. The summed E-state index contributed by atoms with van der Waals surface area (Å²) in [5, 5.41) is 15.0. The fraction of sp³-hybridized carbons (Fsp3) is 0.200. The third kappa shape index (κ3) is 0.878. The number of carbonyl (C=O) groups excluding carboxylic acids is 1. The summed E-state index contributed by atoms with van der Waals surface area (Å²) in [5.41, 5.74) is 2.84. The molecule has 1 aliphatic heterocycles. The quantitative estimate of drug-likeness (QED) is 0.513. The van der Waals surface area contributed by atoms with E-state index in [0.717, 1.165) is 12.3 Å². The number of hydrogen-bond donors (Lipinski definition) is 2. The zero-order valence-electron chi connectivity index (χ0n) is 5.39. The Kier molecular flexibility index (Phi) is 1.45. The molecule has 0 aromatic heterocycles. The Morgan fingerprint density at radius 2 is 2.18 bits per heavy atom. The van der Waals surface area contributed by atoms with Crippen LogP contribution in [-0.4, -0.2) is 22.5 Å². The van der Waals surface area contributed by atoms with Crippen LogP contribution in [0.2, 0.25) is 0 Å². The van der Waals surface area contributed by atoms with Crippen LogP contribution in [0.1, 0.15) is 0 Å². The van der Waals surface area contributed by atoms with Crippen molar-refractivity contribution in [3.8, 4) is 0 Å². The second-order valence-electron chi connectivity index (χ2n) is 1.97. The lowest BCUT2D eigenvalue weighted by Gasteiger charge is -2.10. The minimum Gasteiger partial charge on any atom is -0.479 e. The molecule has 6 heteroatoms. The minimum atomic E-state index is -1.97. The van der Waals surface area contributed by atoms with Gasteiger partial charge in [-0.25, -0.2) is 4.79 Å². The van der Waals surface area contributed by atoms with Gasteiger partial charge in [0.25, 0.3) is 11.4 Å². The maximum atomic E-state index is 10.6. The first-order chi connectivity index (χ1) is 5.09. The molecular weight excluding hydrogens is 150 g/mol. The summed E-state index contributed by atoms with van der Waals surface area (Å²) in [6, 6.07) is 0. The fourth-order valence-electron chi connectivity index (χ4n) is 0.650. The van der Waals surface area contributed by atoms with Crippen molar-refractivity contribution in [3.63, 3.8) is 0 Å². The lowest BCUT2D eigenvalue weighted by atomic mass is 10.0. The summed E-state index contributed by atoms with van der Waals surface area (Å²) < 4.78 is 0. The summed E-state index contributed by atoms with van der Waals surface area (Å²) in [6.07, 6.45) is 2.16. The topological polar surface area (TPSA) is 105 Å². The predicted octanol–water partition coefficient (Wildman–Crippen LogP) is -0.725. The molecule has 0 aliphatic carbocycles. The Balaban J connectivity index is 3.09. The number of primary amides is 1. The highest BCUT2D eigenvalue weighted by Gasteiger charge is 2.44. The molecule has 0 saturated heterocycles. The molecular formula is C5H5N3O3. The molecule has 11 heavy (non-hydrogen) atoms. The van der Waals surface area contributed by atoms with Crippen molar-refractivity contribution in [2.24, 2.45) is 16.0 Å². The van der Waals surface area contributed by atoms with Crippen LogP contribution in [0, 0.1) is 0 Å². The molecule has 1 unspecified atom stereocenters. The van der Waals surface area contributed by atoms with E-state index in [-0.39, 0.29) is 0 Å². The van der Waals surface area contributed by atoms with E-state index in [1.54, 1.807) is 0 Å². The van der Waals surface area contributed by atoms with Crippen LogP contribution in [-0.2, 0) is 9.59 Å². The number of carboxylic acid groups (broad SMARTS) is 1. The number of rotatable bonds is 2. The summed E-state index contributed by atoms with van der Waals surface area (Å²) in [5.74, 6) is -2.45. The number of azo groups is 1. The van der Waals surface area contributed by atoms with Gasteiger partial charge < -0.3 is 10.8 Å². The van der Waals surface area contributed by atoms with Crippen molar-refractivity contribution in [1.29, 1.82) is 0 Å². The van der Waals surface area contributed by atoms with Gasteiger partial charge in [0.2, 0.25) is 0 Å². The SMILES string of the molecule is NC(=O)C1(C(=O)O)C=CN=N1. The highest BCUT2D eigenvalue weighted by Crippen LogP contribution is 2.18. The van der Waals surface area contributed by atoms with E-state index < -0.39 is 17.4 Å².